The average Bonchev–Trinajstić information content (AvgIpc) is 2.65. The fourth-order valence-corrected chi connectivity index (χ4v) is 2.68. The van der Waals surface area contributed by atoms with Gasteiger partial charge in [-0.15, -0.1) is 0 Å². The van der Waals surface area contributed by atoms with Crippen molar-refractivity contribution >= 4 is 12.6 Å². The molecule has 1 heterocycles. The van der Waals surface area contributed by atoms with Crippen molar-refractivity contribution in [3.05, 3.63) is 29.8 Å². The first-order chi connectivity index (χ1) is 10.3. The Morgan fingerprint density at radius 2 is 1.64 bits per heavy atom. The van der Waals surface area contributed by atoms with Crippen molar-refractivity contribution in [1.82, 2.24) is 4.90 Å². The summed E-state index contributed by atoms with van der Waals surface area (Å²) in [6.45, 7) is 12.7. The van der Waals surface area contributed by atoms with Crippen LogP contribution in [0.3, 0.4) is 0 Å². The summed E-state index contributed by atoms with van der Waals surface area (Å²) in [6.07, 6.45) is 2.46. The first-order valence-corrected chi connectivity index (χ1v) is 8.39. The Kier molecular flexibility index (Phi) is 5.36. The molecular weight excluding hydrogens is 273 g/mol. The summed E-state index contributed by atoms with van der Waals surface area (Å²) in [6, 6.07) is 8.47. The second-order valence-electron chi connectivity index (χ2n) is 7.38. The third-order valence-electron chi connectivity index (χ3n) is 4.90. The van der Waals surface area contributed by atoms with Gasteiger partial charge in [0.05, 0.1) is 11.2 Å². The molecule has 1 aromatic rings. The lowest BCUT2D eigenvalue weighted by Gasteiger charge is -2.32. The van der Waals surface area contributed by atoms with Crippen molar-refractivity contribution in [2.45, 2.75) is 65.2 Å². The summed E-state index contributed by atoms with van der Waals surface area (Å²) < 4.78 is 12.4. The molecule has 1 saturated heterocycles. The zero-order valence-electron chi connectivity index (χ0n) is 15.0. The summed E-state index contributed by atoms with van der Waals surface area (Å²) >= 11 is 0. The Hall–Kier alpha value is -0.835. The molecule has 0 atom stereocenters. The molecule has 0 N–H and O–H groups in total. The highest BCUT2D eigenvalue weighted by atomic mass is 16.7. The Balaban J connectivity index is 2.16. The van der Waals surface area contributed by atoms with Crippen LogP contribution in [0.15, 0.2) is 24.3 Å². The van der Waals surface area contributed by atoms with Gasteiger partial charge in [-0.05, 0) is 58.7 Å². The lowest BCUT2D eigenvalue weighted by molar-refractivity contribution is 0.00578. The number of hydrogen-bond acceptors (Lipinski definition) is 3. The molecule has 1 aliphatic heterocycles. The molecule has 0 saturated carbocycles. The van der Waals surface area contributed by atoms with Gasteiger partial charge < -0.3 is 14.2 Å². The van der Waals surface area contributed by atoms with Gasteiger partial charge >= 0.3 is 7.12 Å². The van der Waals surface area contributed by atoms with Crippen LogP contribution >= 0.6 is 0 Å². The van der Waals surface area contributed by atoms with Gasteiger partial charge in [0.2, 0.25) is 0 Å². The normalized spacial score (nSPS) is 19.9. The molecule has 1 aliphatic rings. The minimum absolute atomic E-state index is 0.277. The molecule has 1 fully saturated rings. The molecule has 0 radical (unpaired) electrons. The second kappa shape index (κ2) is 6.73. The van der Waals surface area contributed by atoms with Crippen LogP contribution in [0.2, 0.25) is 0 Å². The maximum atomic E-state index is 6.21. The van der Waals surface area contributed by atoms with Crippen molar-refractivity contribution in [3.63, 3.8) is 0 Å². The second-order valence-corrected chi connectivity index (χ2v) is 7.38. The van der Waals surface area contributed by atoms with Crippen LogP contribution in [0, 0.1) is 0 Å². The molecule has 122 valence electrons. The van der Waals surface area contributed by atoms with E-state index in [1.165, 1.54) is 18.4 Å². The van der Waals surface area contributed by atoms with Crippen LogP contribution in [-0.4, -0.2) is 36.8 Å². The molecule has 2 rings (SSSR count). The van der Waals surface area contributed by atoms with Gasteiger partial charge in [0.15, 0.2) is 0 Å². The van der Waals surface area contributed by atoms with Crippen LogP contribution in [0.25, 0.3) is 0 Å². The molecule has 0 aromatic heterocycles. The first kappa shape index (κ1) is 17.5. The van der Waals surface area contributed by atoms with Crippen LogP contribution in [0.4, 0.5) is 0 Å². The standard InChI is InChI=1S/C18H30BNO2/c1-7-8-13-20(6)14-15-11-9-10-12-16(15)19-21-17(2,3)18(4,5)22-19/h9-12H,7-8,13-14H2,1-6H3. The molecule has 4 heteroatoms. The fourth-order valence-electron chi connectivity index (χ4n) is 2.68. The summed E-state index contributed by atoms with van der Waals surface area (Å²) in [5.74, 6) is 0. The maximum Gasteiger partial charge on any atom is 0.495 e. The zero-order chi connectivity index (χ0) is 16.4. The SMILES string of the molecule is CCCCN(C)Cc1ccccc1B1OC(C)(C)C(C)(C)O1. The number of benzene rings is 1. The van der Waals surface area contributed by atoms with Gasteiger partial charge in [-0.1, -0.05) is 37.6 Å². The minimum atomic E-state index is -0.293. The Labute approximate surface area is 136 Å². The number of nitrogens with zero attached hydrogens (tertiary/aromatic N) is 1. The third-order valence-corrected chi connectivity index (χ3v) is 4.90. The van der Waals surface area contributed by atoms with Crippen LogP contribution in [0.5, 0.6) is 0 Å². The van der Waals surface area contributed by atoms with Crippen LogP contribution in [-0.2, 0) is 15.9 Å². The monoisotopic (exact) mass is 303 g/mol. The molecule has 0 bridgehead atoms. The van der Waals surface area contributed by atoms with Crippen molar-refractivity contribution in [3.8, 4) is 0 Å². The summed E-state index contributed by atoms with van der Waals surface area (Å²) in [7, 11) is 1.90. The third kappa shape index (κ3) is 3.73. The minimum Gasteiger partial charge on any atom is -0.399 e. The van der Waals surface area contributed by atoms with E-state index in [9.17, 15) is 0 Å². The van der Waals surface area contributed by atoms with E-state index in [0.717, 1.165) is 18.6 Å². The highest BCUT2D eigenvalue weighted by molar-refractivity contribution is 6.62. The van der Waals surface area contributed by atoms with Gasteiger partial charge in [0.1, 0.15) is 0 Å². The van der Waals surface area contributed by atoms with E-state index < -0.39 is 0 Å². The molecular formula is C18H30BNO2. The molecule has 1 aromatic carbocycles. The van der Waals surface area contributed by atoms with Gasteiger partial charge in [-0.2, -0.15) is 0 Å². The fraction of sp³-hybridized carbons (Fsp3) is 0.667. The average molecular weight is 303 g/mol. The number of unbranched alkanes of at least 4 members (excludes halogenated alkanes) is 1. The molecule has 0 spiro atoms. The van der Waals surface area contributed by atoms with Gasteiger partial charge in [0, 0.05) is 6.54 Å². The summed E-state index contributed by atoms with van der Waals surface area (Å²) in [5.41, 5.74) is 1.86. The molecule has 0 aliphatic carbocycles. The number of hydrogen-bond donors (Lipinski definition) is 0. The zero-order valence-corrected chi connectivity index (χ0v) is 15.0. The summed E-state index contributed by atoms with van der Waals surface area (Å²) in [4.78, 5) is 2.37. The van der Waals surface area contributed by atoms with E-state index >= 15 is 0 Å². The van der Waals surface area contributed by atoms with Crippen molar-refractivity contribution in [2.75, 3.05) is 13.6 Å². The van der Waals surface area contributed by atoms with Crippen LogP contribution < -0.4 is 5.46 Å². The molecule has 0 amide bonds. The molecule has 3 nitrogen and oxygen atoms in total. The van der Waals surface area contributed by atoms with Gasteiger partial charge in [-0.3, -0.25) is 0 Å². The largest absolute Gasteiger partial charge is 0.495 e. The lowest BCUT2D eigenvalue weighted by atomic mass is 9.76. The Morgan fingerprint density at radius 1 is 1.05 bits per heavy atom. The quantitative estimate of drug-likeness (QED) is 0.753. The van der Waals surface area contributed by atoms with Crippen molar-refractivity contribution in [2.24, 2.45) is 0 Å². The predicted molar refractivity (Wildman–Crippen MR) is 93.4 cm³/mol. The van der Waals surface area contributed by atoms with E-state index in [4.69, 9.17) is 9.31 Å². The molecule has 22 heavy (non-hydrogen) atoms. The summed E-state index contributed by atoms with van der Waals surface area (Å²) in [5, 5.41) is 0. The maximum absolute atomic E-state index is 6.21. The van der Waals surface area contributed by atoms with E-state index in [-0.39, 0.29) is 18.3 Å². The first-order valence-electron chi connectivity index (χ1n) is 8.39. The Bertz CT molecular complexity index is 486. The van der Waals surface area contributed by atoms with Crippen LogP contribution in [0.1, 0.15) is 53.0 Å². The van der Waals surface area contributed by atoms with Crippen molar-refractivity contribution < 1.29 is 9.31 Å². The Morgan fingerprint density at radius 3 is 2.23 bits per heavy atom. The van der Waals surface area contributed by atoms with Crippen molar-refractivity contribution in [1.29, 1.82) is 0 Å². The van der Waals surface area contributed by atoms with E-state index in [1.807, 2.05) is 0 Å². The van der Waals surface area contributed by atoms with E-state index in [2.05, 4.69) is 70.8 Å². The highest BCUT2D eigenvalue weighted by Gasteiger charge is 2.52. The smallest absolute Gasteiger partial charge is 0.399 e. The highest BCUT2D eigenvalue weighted by Crippen LogP contribution is 2.36. The van der Waals surface area contributed by atoms with Gasteiger partial charge in [-0.25, -0.2) is 0 Å². The molecule has 0 unspecified atom stereocenters. The lowest BCUT2D eigenvalue weighted by Crippen LogP contribution is -2.41. The topological polar surface area (TPSA) is 21.7 Å². The predicted octanol–water partition coefficient (Wildman–Crippen LogP) is 3.22. The van der Waals surface area contributed by atoms with Gasteiger partial charge in [0.25, 0.3) is 0 Å². The number of rotatable bonds is 6. The van der Waals surface area contributed by atoms with E-state index in [1.54, 1.807) is 0 Å². The van der Waals surface area contributed by atoms with E-state index in [0.29, 0.717) is 0 Å².